The van der Waals surface area contributed by atoms with Gasteiger partial charge < -0.3 is 23.7 Å². The van der Waals surface area contributed by atoms with Crippen molar-refractivity contribution in [1.82, 2.24) is 0 Å². The SMILES string of the molecule is COC1OC(CBr)C(OC(c2ccccc2)(c2ccccc2)c2ccccc2)C(OC(c2ccccc2)(c2ccccc2)c2ccccc2)C1OC(c1ccccc1)(c1ccccc1)c1ccccc1. The largest absolute Gasteiger partial charge is 0.353 e. The second-order valence-corrected chi connectivity index (χ2v) is 18.2. The maximum absolute atomic E-state index is 8.40. The normalized spacial score (nSPS) is 18.5. The van der Waals surface area contributed by atoms with Crippen molar-refractivity contribution in [2.75, 3.05) is 12.4 Å². The van der Waals surface area contributed by atoms with Gasteiger partial charge in [0.2, 0.25) is 0 Å². The Morgan fingerprint density at radius 2 is 0.514 bits per heavy atom. The molecule has 0 saturated carbocycles. The molecular weight excluding hydrogens is 929 g/mol. The molecule has 0 aromatic heterocycles. The van der Waals surface area contributed by atoms with Crippen molar-refractivity contribution in [2.24, 2.45) is 0 Å². The molecule has 0 bridgehead atoms. The highest BCUT2D eigenvalue weighted by atomic mass is 79.9. The second-order valence-electron chi connectivity index (χ2n) is 17.5. The Morgan fingerprint density at radius 1 is 0.314 bits per heavy atom. The van der Waals surface area contributed by atoms with Gasteiger partial charge in [0, 0.05) is 12.4 Å². The molecule has 1 aliphatic heterocycles. The number of benzene rings is 9. The Bertz CT molecular complexity index is 2540. The average molecular weight is 984 g/mol. The van der Waals surface area contributed by atoms with Gasteiger partial charge in [-0.05, 0) is 50.1 Å². The van der Waals surface area contributed by atoms with Crippen LogP contribution < -0.4 is 0 Å². The summed E-state index contributed by atoms with van der Waals surface area (Å²) in [6, 6.07) is 94.0. The van der Waals surface area contributed by atoms with Crippen LogP contribution in [0.2, 0.25) is 0 Å². The Kier molecular flexibility index (Phi) is 14.4. The molecule has 0 N–H and O–H groups in total. The van der Waals surface area contributed by atoms with Crippen molar-refractivity contribution >= 4 is 15.9 Å². The van der Waals surface area contributed by atoms with Gasteiger partial charge >= 0.3 is 0 Å². The van der Waals surface area contributed by atoms with Crippen LogP contribution in [-0.4, -0.2) is 43.1 Å². The van der Waals surface area contributed by atoms with E-state index in [1.807, 2.05) is 54.6 Å². The highest BCUT2D eigenvalue weighted by molar-refractivity contribution is 9.09. The van der Waals surface area contributed by atoms with E-state index in [-0.39, 0.29) is 0 Å². The third-order valence-electron chi connectivity index (χ3n) is 13.5. The van der Waals surface area contributed by atoms with Gasteiger partial charge in [-0.3, -0.25) is 0 Å². The van der Waals surface area contributed by atoms with Crippen molar-refractivity contribution in [3.8, 4) is 0 Å². The number of hydrogen-bond acceptors (Lipinski definition) is 5. The zero-order chi connectivity index (χ0) is 47.6. The first-order valence-corrected chi connectivity index (χ1v) is 25.0. The van der Waals surface area contributed by atoms with E-state index in [1.165, 1.54) is 0 Å². The summed E-state index contributed by atoms with van der Waals surface area (Å²) >= 11 is 3.96. The number of hydrogen-bond donors (Lipinski definition) is 0. The van der Waals surface area contributed by atoms with Crippen LogP contribution in [0.15, 0.2) is 273 Å². The summed E-state index contributed by atoms with van der Waals surface area (Å²) in [5.41, 5.74) is 4.77. The van der Waals surface area contributed by atoms with Crippen molar-refractivity contribution < 1.29 is 23.7 Å². The molecular formula is C64H55BrO5. The summed E-state index contributed by atoms with van der Waals surface area (Å²) in [5.74, 6) is 0. The van der Waals surface area contributed by atoms with Gasteiger partial charge in [-0.1, -0.05) is 289 Å². The molecule has 9 aromatic carbocycles. The Morgan fingerprint density at radius 3 is 0.714 bits per heavy atom. The third kappa shape index (κ3) is 8.88. The summed E-state index contributed by atoms with van der Waals surface area (Å²) in [6.07, 6.45) is -4.35. The van der Waals surface area contributed by atoms with E-state index < -0.39 is 47.5 Å². The number of methoxy groups -OCH3 is 1. The molecule has 10 rings (SSSR count). The van der Waals surface area contributed by atoms with Gasteiger partial charge in [0.1, 0.15) is 35.1 Å². The summed E-state index contributed by atoms with van der Waals surface area (Å²) in [7, 11) is 1.68. The van der Waals surface area contributed by atoms with Crippen LogP contribution in [0.3, 0.4) is 0 Å². The lowest BCUT2D eigenvalue weighted by Crippen LogP contribution is -2.65. The third-order valence-corrected chi connectivity index (χ3v) is 14.2. The predicted molar refractivity (Wildman–Crippen MR) is 282 cm³/mol. The first-order chi connectivity index (χ1) is 34.6. The van der Waals surface area contributed by atoms with Gasteiger partial charge in [0.15, 0.2) is 6.29 Å². The first-order valence-electron chi connectivity index (χ1n) is 23.9. The minimum absolute atomic E-state index is 0.384. The van der Waals surface area contributed by atoms with Crippen LogP contribution in [0.5, 0.6) is 0 Å². The molecule has 6 heteroatoms. The summed E-state index contributed by atoms with van der Waals surface area (Å²) in [4.78, 5) is 0. The lowest BCUT2D eigenvalue weighted by atomic mass is 9.78. The number of rotatable bonds is 17. The molecule has 9 aromatic rings. The van der Waals surface area contributed by atoms with Crippen LogP contribution in [0.25, 0.3) is 0 Å². The molecule has 5 unspecified atom stereocenters. The van der Waals surface area contributed by atoms with Crippen molar-refractivity contribution in [1.29, 1.82) is 0 Å². The molecule has 0 amide bonds. The van der Waals surface area contributed by atoms with Gasteiger partial charge in [0.25, 0.3) is 0 Å². The molecule has 0 spiro atoms. The number of halogens is 1. The predicted octanol–water partition coefficient (Wildman–Crippen LogP) is 13.9. The molecule has 5 nitrogen and oxygen atoms in total. The number of ether oxygens (including phenoxy) is 5. The zero-order valence-electron chi connectivity index (χ0n) is 39.0. The molecule has 5 atom stereocenters. The molecule has 348 valence electrons. The highest BCUT2D eigenvalue weighted by Gasteiger charge is 2.58. The smallest absolute Gasteiger partial charge is 0.186 e. The topological polar surface area (TPSA) is 46.2 Å². The van der Waals surface area contributed by atoms with E-state index in [4.69, 9.17) is 23.7 Å². The Labute approximate surface area is 420 Å². The Hall–Kier alpha value is -6.74. The molecule has 1 aliphatic rings. The monoisotopic (exact) mass is 982 g/mol. The fourth-order valence-electron chi connectivity index (χ4n) is 10.4. The minimum atomic E-state index is -1.23. The van der Waals surface area contributed by atoms with Crippen LogP contribution in [0.1, 0.15) is 50.1 Å². The van der Waals surface area contributed by atoms with Crippen LogP contribution in [0, 0.1) is 0 Å². The summed E-state index contributed by atoms with van der Waals surface area (Å²) in [5, 5.41) is 0.384. The molecule has 0 aliphatic carbocycles. The number of alkyl halides is 1. The van der Waals surface area contributed by atoms with Crippen molar-refractivity contribution in [2.45, 2.75) is 47.5 Å². The maximum Gasteiger partial charge on any atom is 0.186 e. The second kappa shape index (κ2) is 21.5. The van der Waals surface area contributed by atoms with E-state index in [9.17, 15) is 0 Å². The fourth-order valence-corrected chi connectivity index (χ4v) is 10.9. The van der Waals surface area contributed by atoms with E-state index in [2.05, 4.69) is 234 Å². The van der Waals surface area contributed by atoms with Crippen LogP contribution in [-0.2, 0) is 40.5 Å². The van der Waals surface area contributed by atoms with Crippen molar-refractivity contribution in [3.05, 3.63) is 323 Å². The lowest BCUT2D eigenvalue weighted by Gasteiger charge is -2.53. The molecule has 1 saturated heterocycles. The minimum Gasteiger partial charge on any atom is -0.353 e. The van der Waals surface area contributed by atoms with E-state index in [1.54, 1.807) is 7.11 Å². The zero-order valence-corrected chi connectivity index (χ0v) is 40.6. The maximum atomic E-state index is 8.40. The standard InChI is InChI=1S/C64H55BrO5/c1-66-61-60(70-64(54-41-23-8-24-42-54,55-43-25-9-26-44-55)56-45-27-10-28-46-56)59(69-63(51-35-17-5-18-36-51,52-37-19-6-20-38-52)53-39-21-7-22-40-53)58(57(47-65)67-61)68-62(48-29-11-2-12-30-48,49-31-13-3-14-32-49)50-33-15-4-16-34-50/h2-46,57-61H,47H2,1H3. The van der Waals surface area contributed by atoms with Crippen LogP contribution >= 0.6 is 15.9 Å². The first kappa shape index (κ1) is 47.0. The summed E-state index contributed by atoms with van der Waals surface area (Å²) < 4.78 is 38.7. The average Bonchev–Trinajstić information content (AvgIpc) is 3.45. The van der Waals surface area contributed by atoms with E-state index >= 15 is 0 Å². The highest BCUT2D eigenvalue weighted by Crippen LogP contribution is 2.51. The lowest BCUT2D eigenvalue weighted by molar-refractivity contribution is -0.337. The molecule has 70 heavy (non-hydrogen) atoms. The molecule has 1 heterocycles. The van der Waals surface area contributed by atoms with Crippen LogP contribution in [0.4, 0.5) is 0 Å². The quantitative estimate of drug-likeness (QED) is 0.0672. The summed E-state index contributed by atoms with van der Waals surface area (Å²) in [6.45, 7) is 0. The van der Waals surface area contributed by atoms with Gasteiger partial charge in [-0.2, -0.15) is 0 Å². The van der Waals surface area contributed by atoms with E-state index in [0.29, 0.717) is 5.33 Å². The van der Waals surface area contributed by atoms with Crippen molar-refractivity contribution in [3.63, 3.8) is 0 Å². The Balaban J connectivity index is 1.30. The molecule has 1 fully saturated rings. The van der Waals surface area contributed by atoms with E-state index in [0.717, 1.165) is 50.1 Å². The van der Waals surface area contributed by atoms with Gasteiger partial charge in [-0.15, -0.1) is 0 Å². The fraction of sp³-hybridized carbons (Fsp3) is 0.156. The van der Waals surface area contributed by atoms with Gasteiger partial charge in [-0.25, -0.2) is 0 Å². The molecule has 0 radical (unpaired) electrons. The van der Waals surface area contributed by atoms with Gasteiger partial charge in [0.05, 0.1) is 6.10 Å².